The molecular formula is C18H22N4O. The summed E-state index contributed by atoms with van der Waals surface area (Å²) in [7, 11) is 0. The van der Waals surface area contributed by atoms with E-state index in [0.29, 0.717) is 5.69 Å². The van der Waals surface area contributed by atoms with E-state index in [9.17, 15) is 4.79 Å². The molecule has 0 unspecified atom stereocenters. The van der Waals surface area contributed by atoms with E-state index in [1.165, 1.54) is 5.01 Å². The van der Waals surface area contributed by atoms with Gasteiger partial charge in [-0.25, -0.2) is 10.2 Å². The van der Waals surface area contributed by atoms with Gasteiger partial charge in [0, 0.05) is 5.54 Å². The number of hydrazone groups is 1. The highest BCUT2D eigenvalue weighted by molar-refractivity contribution is 5.93. The maximum Gasteiger partial charge on any atom is 0.356 e. The minimum atomic E-state index is -0.349. The van der Waals surface area contributed by atoms with E-state index in [0.717, 1.165) is 5.56 Å². The topological polar surface area (TPSA) is 56.7 Å². The molecule has 2 aromatic rings. The Labute approximate surface area is 137 Å². The predicted octanol–water partition coefficient (Wildman–Crippen LogP) is 3.54. The van der Waals surface area contributed by atoms with Crippen molar-refractivity contribution in [3.63, 3.8) is 0 Å². The first kappa shape index (κ1) is 16.7. The highest BCUT2D eigenvalue weighted by Crippen LogP contribution is 2.14. The molecule has 0 aliphatic heterocycles. The van der Waals surface area contributed by atoms with Gasteiger partial charge in [0.05, 0.1) is 11.9 Å². The average molecular weight is 310 g/mol. The number of anilines is 1. The molecular weight excluding hydrogens is 288 g/mol. The molecule has 2 amide bonds. The van der Waals surface area contributed by atoms with Crippen molar-refractivity contribution in [3.8, 4) is 0 Å². The highest BCUT2D eigenvalue weighted by atomic mass is 16.2. The Kier molecular flexibility index (Phi) is 5.49. The van der Waals surface area contributed by atoms with Gasteiger partial charge in [-0.1, -0.05) is 48.5 Å². The van der Waals surface area contributed by atoms with Gasteiger partial charge >= 0.3 is 6.03 Å². The number of para-hydroxylation sites is 1. The number of nitrogens with one attached hydrogen (secondary N) is 2. The van der Waals surface area contributed by atoms with Gasteiger partial charge in [-0.05, 0) is 38.5 Å². The summed E-state index contributed by atoms with van der Waals surface area (Å²) in [5.74, 6) is 0. The molecule has 0 heterocycles. The van der Waals surface area contributed by atoms with Crippen LogP contribution in [0.15, 0.2) is 65.8 Å². The van der Waals surface area contributed by atoms with E-state index >= 15 is 0 Å². The van der Waals surface area contributed by atoms with Crippen molar-refractivity contribution >= 4 is 17.9 Å². The Hall–Kier alpha value is -2.66. The molecule has 2 N–H and O–H groups in total. The van der Waals surface area contributed by atoms with E-state index in [4.69, 9.17) is 0 Å². The maximum atomic E-state index is 12.5. The fraction of sp³-hybridized carbons (Fsp3) is 0.222. The lowest BCUT2D eigenvalue weighted by atomic mass is 10.1. The molecule has 0 aliphatic rings. The fourth-order valence-corrected chi connectivity index (χ4v) is 1.76. The zero-order valence-electron chi connectivity index (χ0n) is 13.7. The van der Waals surface area contributed by atoms with Crippen molar-refractivity contribution < 1.29 is 4.79 Å². The van der Waals surface area contributed by atoms with Gasteiger partial charge in [0.15, 0.2) is 0 Å². The molecule has 0 bridgehead atoms. The number of rotatable bonds is 4. The molecule has 0 fully saturated rings. The van der Waals surface area contributed by atoms with E-state index in [1.807, 2.05) is 81.4 Å². The number of nitrogens with zero attached hydrogens (tertiary/aromatic N) is 2. The Morgan fingerprint density at radius 2 is 1.57 bits per heavy atom. The van der Waals surface area contributed by atoms with Gasteiger partial charge in [-0.3, -0.25) is 5.43 Å². The standard InChI is InChI=1S/C18H22N4O/c1-18(2,3)21-20-17(23)22(16-12-8-5-9-13-16)19-14-15-10-6-4-7-11-15/h4-14,21H,1-3H3,(H,20,23)/b19-14+. The number of amides is 2. The molecule has 5 heteroatoms. The SMILES string of the molecule is CC(C)(C)NNC(=O)N(/N=C/c1ccccc1)c1ccccc1. The van der Waals surface area contributed by atoms with E-state index in [-0.39, 0.29) is 11.6 Å². The second-order valence-corrected chi connectivity index (χ2v) is 6.11. The first-order chi connectivity index (χ1) is 11.0. The Bertz CT molecular complexity index is 648. The zero-order valence-corrected chi connectivity index (χ0v) is 13.7. The molecule has 0 radical (unpaired) electrons. The number of hydrogen-bond acceptors (Lipinski definition) is 3. The minimum absolute atomic E-state index is 0.235. The normalized spacial score (nSPS) is 11.4. The minimum Gasteiger partial charge on any atom is -0.271 e. The lowest BCUT2D eigenvalue weighted by molar-refractivity contribution is 0.235. The zero-order chi connectivity index (χ0) is 16.7. The lowest BCUT2D eigenvalue weighted by Gasteiger charge is -2.24. The van der Waals surface area contributed by atoms with Crippen LogP contribution in [0.2, 0.25) is 0 Å². The first-order valence-corrected chi connectivity index (χ1v) is 7.47. The van der Waals surface area contributed by atoms with Crippen LogP contribution in [0.25, 0.3) is 0 Å². The molecule has 120 valence electrons. The van der Waals surface area contributed by atoms with Gasteiger partial charge in [0.2, 0.25) is 0 Å². The second kappa shape index (κ2) is 7.56. The van der Waals surface area contributed by atoms with Crippen LogP contribution in [0.4, 0.5) is 10.5 Å². The first-order valence-electron chi connectivity index (χ1n) is 7.47. The fourth-order valence-electron chi connectivity index (χ4n) is 1.76. The molecule has 5 nitrogen and oxygen atoms in total. The van der Waals surface area contributed by atoms with E-state index in [1.54, 1.807) is 6.21 Å². The van der Waals surface area contributed by atoms with Crippen LogP contribution in [0.1, 0.15) is 26.3 Å². The van der Waals surface area contributed by atoms with E-state index < -0.39 is 0 Å². The summed E-state index contributed by atoms with van der Waals surface area (Å²) in [6.45, 7) is 5.90. The molecule has 0 aromatic heterocycles. The maximum absolute atomic E-state index is 12.5. The van der Waals surface area contributed by atoms with Crippen molar-refractivity contribution in [2.75, 3.05) is 5.01 Å². The average Bonchev–Trinajstić information content (AvgIpc) is 2.54. The predicted molar refractivity (Wildman–Crippen MR) is 94.4 cm³/mol. The lowest BCUT2D eigenvalue weighted by Crippen LogP contribution is -2.52. The summed E-state index contributed by atoms with van der Waals surface area (Å²) in [5, 5.41) is 5.65. The number of carbonyl (C=O) groups excluding carboxylic acids is 1. The summed E-state index contributed by atoms with van der Waals surface area (Å²) in [6, 6.07) is 18.6. The largest absolute Gasteiger partial charge is 0.356 e. The van der Waals surface area contributed by atoms with Crippen molar-refractivity contribution in [2.24, 2.45) is 5.10 Å². The van der Waals surface area contributed by atoms with Crippen LogP contribution in [-0.4, -0.2) is 17.8 Å². The van der Waals surface area contributed by atoms with Gasteiger partial charge in [-0.2, -0.15) is 10.1 Å². The quantitative estimate of drug-likeness (QED) is 0.670. The van der Waals surface area contributed by atoms with Crippen LogP contribution < -0.4 is 15.9 Å². The van der Waals surface area contributed by atoms with Crippen molar-refractivity contribution in [3.05, 3.63) is 66.2 Å². The van der Waals surface area contributed by atoms with Crippen molar-refractivity contribution in [2.45, 2.75) is 26.3 Å². The summed E-state index contributed by atoms with van der Waals surface area (Å²) < 4.78 is 0. The van der Waals surface area contributed by atoms with Gasteiger partial charge in [0.25, 0.3) is 0 Å². The molecule has 0 aliphatic carbocycles. The van der Waals surface area contributed by atoms with Crippen LogP contribution in [0.3, 0.4) is 0 Å². The molecule has 0 atom stereocenters. The number of hydrogen-bond donors (Lipinski definition) is 2. The highest BCUT2D eigenvalue weighted by Gasteiger charge is 2.17. The smallest absolute Gasteiger partial charge is 0.271 e. The number of benzene rings is 2. The van der Waals surface area contributed by atoms with Gasteiger partial charge in [-0.15, -0.1) is 0 Å². The third-order valence-electron chi connectivity index (χ3n) is 2.86. The Morgan fingerprint density at radius 1 is 1.00 bits per heavy atom. The molecule has 2 aromatic carbocycles. The summed E-state index contributed by atoms with van der Waals surface area (Å²) in [6.07, 6.45) is 1.66. The molecule has 23 heavy (non-hydrogen) atoms. The van der Waals surface area contributed by atoms with Gasteiger partial charge in [0.1, 0.15) is 0 Å². The Morgan fingerprint density at radius 3 is 2.13 bits per heavy atom. The van der Waals surface area contributed by atoms with Crippen LogP contribution in [0, 0.1) is 0 Å². The third kappa shape index (κ3) is 5.56. The van der Waals surface area contributed by atoms with Crippen molar-refractivity contribution in [1.29, 1.82) is 0 Å². The summed E-state index contributed by atoms with van der Waals surface area (Å²) in [5.41, 5.74) is 7.01. The third-order valence-corrected chi connectivity index (χ3v) is 2.86. The summed E-state index contributed by atoms with van der Waals surface area (Å²) in [4.78, 5) is 12.5. The summed E-state index contributed by atoms with van der Waals surface area (Å²) >= 11 is 0. The molecule has 0 saturated carbocycles. The number of urea groups is 1. The van der Waals surface area contributed by atoms with Crippen LogP contribution in [-0.2, 0) is 0 Å². The monoisotopic (exact) mass is 310 g/mol. The van der Waals surface area contributed by atoms with Crippen LogP contribution in [0.5, 0.6) is 0 Å². The van der Waals surface area contributed by atoms with E-state index in [2.05, 4.69) is 16.0 Å². The molecule has 0 saturated heterocycles. The van der Waals surface area contributed by atoms with Crippen LogP contribution >= 0.6 is 0 Å². The molecule has 0 spiro atoms. The second-order valence-electron chi connectivity index (χ2n) is 6.11. The number of hydrazine groups is 1. The molecule has 2 rings (SSSR count). The van der Waals surface area contributed by atoms with Crippen molar-refractivity contribution in [1.82, 2.24) is 10.9 Å². The number of carbonyl (C=O) groups is 1. The van der Waals surface area contributed by atoms with Gasteiger partial charge < -0.3 is 0 Å². The Balaban J connectivity index is 2.19.